The molecule has 1 aliphatic rings. The van der Waals surface area contributed by atoms with Crippen molar-refractivity contribution in [2.45, 2.75) is 51.8 Å². The van der Waals surface area contributed by atoms with Crippen LogP contribution in [-0.2, 0) is 11.3 Å². The Bertz CT molecular complexity index is 500. The van der Waals surface area contributed by atoms with Gasteiger partial charge in [-0.15, -0.1) is 0 Å². The fraction of sp³-hybridized carbons (Fsp3) is 0.611. The van der Waals surface area contributed by atoms with Gasteiger partial charge in [0.05, 0.1) is 7.11 Å². The smallest absolute Gasteiger partial charge is 0.410 e. The quantitative estimate of drug-likeness (QED) is 0.926. The Morgan fingerprint density at radius 2 is 1.83 bits per heavy atom. The fourth-order valence-electron chi connectivity index (χ4n) is 2.60. The summed E-state index contributed by atoms with van der Waals surface area (Å²) in [5.41, 5.74) is 0.806. The highest BCUT2D eigenvalue weighted by atomic mass is 16.6. The van der Waals surface area contributed by atoms with Crippen molar-refractivity contribution in [3.05, 3.63) is 29.8 Å². The molecule has 23 heavy (non-hydrogen) atoms. The Kier molecular flexibility index (Phi) is 5.88. The maximum Gasteiger partial charge on any atom is 0.410 e. The van der Waals surface area contributed by atoms with Gasteiger partial charge in [0.25, 0.3) is 0 Å². The molecule has 0 bridgehead atoms. The van der Waals surface area contributed by atoms with E-state index in [-0.39, 0.29) is 6.09 Å². The molecule has 0 aliphatic carbocycles. The lowest BCUT2D eigenvalue weighted by Gasteiger charge is -2.33. The number of carbonyl (C=O) groups excluding carboxylic acids is 1. The number of nitrogens with zero attached hydrogens (tertiary/aromatic N) is 1. The molecule has 0 saturated carbocycles. The Hall–Kier alpha value is -1.75. The van der Waals surface area contributed by atoms with Gasteiger partial charge in [-0.05, 0) is 51.3 Å². The second-order valence-corrected chi connectivity index (χ2v) is 6.97. The van der Waals surface area contributed by atoms with Crippen molar-refractivity contribution < 1.29 is 14.3 Å². The summed E-state index contributed by atoms with van der Waals surface area (Å²) in [4.78, 5) is 13.8. The highest BCUT2D eigenvalue weighted by molar-refractivity contribution is 5.68. The van der Waals surface area contributed by atoms with Crippen LogP contribution in [0.25, 0.3) is 0 Å². The second kappa shape index (κ2) is 7.68. The van der Waals surface area contributed by atoms with E-state index in [0.717, 1.165) is 38.2 Å². The summed E-state index contributed by atoms with van der Waals surface area (Å²) in [6, 6.07) is 8.53. The van der Waals surface area contributed by atoms with E-state index in [1.165, 1.54) is 5.56 Å². The van der Waals surface area contributed by atoms with Gasteiger partial charge in [0, 0.05) is 25.7 Å². The van der Waals surface area contributed by atoms with E-state index >= 15 is 0 Å². The average molecular weight is 320 g/mol. The third-order valence-electron chi connectivity index (χ3n) is 3.90. The van der Waals surface area contributed by atoms with E-state index in [2.05, 4.69) is 17.4 Å². The molecular weight excluding hydrogens is 292 g/mol. The number of ether oxygens (including phenoxy) is 2. The van der Waals surface area contributed by atoms with Crippen LogP contribution in [0, 0.1) is 0 Å². The van der Waals surface area contributed by atoms with Crippen LogP contribution in [0.15, 0.2) is 24.3 Å². The third kappa shape index (κ3) is 5.75. The van der Waals surface area contributed by atoms with Crippen molar-refractivity contribution >= 4 is 6.09 Å². The van der Waals surface area contributed by atoms with E-state index in [0.29, 0.717) is 6.04 Å². The molecule has 0 unspecified atom stereocenters. The van der Waals surface area contributed by atoms with Crippen molar-refractivity contribution in [2.75, 3.05) is 20.2 Å². The van der Waals surface area contributed by atoms with Crippen molar-refractivity contribution in [1.82, 2.24) is 10.2 Å². The molecule has 0 spiro atoms. The van der Waals surface area contributed by atoms with Crippen LogP contribution < -0.4 is 10.1 Å². The Morgan fingerprint density at radius 3 is 2.35 bits per heavy atom. The number of piperidine rings is 1. The average Bonchev–Trinajstić information content (AvgIpc) is 2.52. The number of amides is 1. The molecular formula is C18H28N2O3. The zero-order valence-electron chi connectivity index (χ0n) is 14.6. The summed E-state index contributed by atoms with van der Waals surface area (Å²) in [7, 11) is 1.67. The fourth-order valence-corrected chi connectivity index (χ4v) is 2.60. The molecule has 1 N–H and O–H groups in total. The van der Waals surface area contributed by atoms with E-state index in [4.69, 9.17) is 9.47 Å². The maximum absolute atomic E-state index is 12.0. The molecule has 1 aromatic carbocycles. The largest absolute Gasteiger partial charge is 0.497 e. The molecule has 5 nitrogen and oxygen atoms in total. The van der Waals surface area contributed by atoms with Crippen LogP contribution in [-0.4, -0.2) is 42.8 Å². The van der Waals surface area contributed by atoms with Crippen molar-refractivity contribution in [3.8, 4) is 5.75 Å². The van der Waals surface area contributed by atoms with Crippen molar-refractivity contribution in [1.29, 1.82) is 0 Å². The molecule has 0 atom stereocenters. The standard InChI is InChI=1S/C18H28N2O3/c1-18(2,3)23-17(21)20-11-9-15(10-12-20)19-13-14-5-7-16(22-4)8-6-14/h5-8,15,19H,9-13H2,1-4H3. The third-order valence-corrected chi connectivity index (χ3v) is 3.90. The van der Waals surface area contributed by atoms with Gasteiger partial charge in [-0.25, -0.2) is 4.79 Å². The predicted octanol–water partition coefficient (Wildman–Crippen LogP) is 3.18. The summed E-state index contributed by atoms with van der Waals surface area (Å²) >= 11 is 0. The van der Waals surface area contributed by atoms with Crippen LogP contribution in [0.2, 0.25) is 0 Å². The van der Waals surface area contributed by atoms with E-state index < -0.39 is 5.60 Å². The minimum atomic E-state index is -0.430. The van der Waals surface area contributed by atoms with Crippen LogP contribution in [0.3, 0.4) is 0 Å². The Morgan fingerprint density at radius 1 is 1.22 bits per heavy atom. The molecule has 1 aromatic rings. The van der Waals surface area contributed by atoms with E-state index in [1.807, 2.05) is 32.9 Å². The van der Waals surface area contributed by atoms with Gasteiger partial charge in [-0.2, -0.15) is 0 Å². The SMILES string of the molecule is COc1ccc(CNC2CCN(C(=O)OC(C)(C)C)CC2)cc1. The monoisotopic (exact) mass is 320 g/mol. The van der Waals surface area contributed by atoms with Gasteiger partial charge >= 0.3 is 6.09 Å². The summed E-state index contributed by atoms with van der Waals surface area (Å²) in [5, 5.41) is 3.56. The van der Waals surface area contributed by atoms with Crippen LogP contribution in [0.1, 0.15) is 39.2 Å². The maximum atomic E-state index is 12.0. The van der Waals surface area contributed by atoms with Gasteiger partial charge in [-0.3, -0.25) is 0 Å². The number of carbonyl (C=O) groups is 1. The minimum absolute atomic E-state index is 0.203. The van der Waals surface area contributed by atoms with Crippen molar-refractivity contribution in [3.63, 3.8) is 0 Å². The summed E-state index contributed by atoms with van der Waals surface area (Å²) in [6.07, 6.45) is 1.70. The van der Waals surface area contributed by atoms with Gasteiger partial charge in [0.2, 0.25) is 0 Å². The predicted molar refractivity (Wildman–Crippen MR) is 90.7 cm³/mol. The number of methoxy groups -OCH3 is 1. The topological polar surface area (TPSA) is 50.8 Å². The number of hydrogen-bond donors (Lipinski definition) is 1. The first-order chi connectivity index (χ1) is 10.9. The number of benzene rings is 1. The van der Waals surface area contributed by atoms with E-state index in [1.54, 1.807) is 12.0 Å². The highest BCUT2D eigenvalue weighted by Gasteiger charge is 2.26. The van der Waals surface area contributed by atoms with Crippen molar-refractivity contribution in [2.24, 2.45) is 0 Å². The molecule has 1 aliphatic heterocycles. The lowest BCUT2D eigenvalue weighted by molar-refractivity contribution is 0.0198. The molecule has 1 fully saturated rings. The minimum Gasteiger partial charge on any atom is -0.497 e. The highest BCUT2D eigenvalue weighted by Crippen LogP contribution is 2.16. The molecule has 128 valence electrons. The van der Waals surface area contributed by atoms with Gasteiger partial charge in [-0.1, -0.05) is 12.1 Å². The molecule has 0 radical (unpaired) electrons. The van der Waals surface area contributed by atoms with Gasteiger partial charge in [0.15, 0.2) is 0 Å². The number of nitrogens with one attached hydrogen (secondary N) is 1. The van der Waals surface area contributed by atoms with E-state index in [9.17, 15) is 4.79 Å². The molecule has 1 amide bonds. The number of likely N-dealkylation sites (tertiary alicyclic amines) is 1. The first-order valence-corrected chi connectivity index (χ1v) is 8.21. The lowest BCUT2D eigenvalue weighted by Crippen LogP contribution is -2.46. The normalized spacial score (nSPS) is 16.3. The lowest BCUT2D eigenvalue weighted by atomic mass is 10.0. The Balaban J connectivity index is 1.73. The number of rotatable bonds is 4. The van der Waals surface area contributed by atoms with Gasteiger partial charge < -0.3 is 19.7 Å². The molecule has 2 rings (SSSR count). The van der Waals surface area contributed by atoms with Crippen LogP contribution in [0.5, 0.6) is 5.75 Å². The Labute approximate surface area is 139 Å². The number of hydrogen-bond acceptors (Lipinski definition) is 4. The van der Waals surface area contributed by atoms with Crippen LogP contribution >= 0.6 is 0 Å². The molecule has 1 saturated heterocycles. The zero-order chi connectivity index (χ0) is 16.9. The molecule has 5 heteroatoms. The van der Waals surface area contributed by atoms with Crippen LogP contribution in [0.4, 0.5) is 4.79 Å². The molecule has 0 aromatic heterocycles. The second-order valence-electron chi connectivity index (χ2n) is 6.97. The van der Waals surface area contributed by atoms with Gasteiger partial charge in [0.1, 0.15) is 11.4 Å². The zero-order valence-corrected chi connectivity index (χ0v) is 14.6. The molecule has 1 heterocycles. The first-order valence-electron chi connectivity index (χ1n) is 8.21. The summed E-state index contributed by atoms with van der Waals surface area (Å²) in [6.45, 7) is 8.02. The summed E-state index contributed by atoms with van der Waals surface area (Å²) in [5.74, 6) is 0.874. The summed E-state index contributed by atoms with van der Waals surface area (Å²) < 4.78 is 10.6. The first kappa shape index (κ1) is 17.6.